The summed E-state index contributed by atoms with van der Waals surface area (Å²) in [5.74, 6) is 0.206. The van der Waals surface area contributed by atoms with Crippen LogP contribution in [0.2, 0.25) is 0 Å². The van der Waals surface area contributed by atoms with E-state index in [2.05, 4.69) is 15.3 Å². The van der Waals surface area contributed by atoms with Gasteiger partial charge in [-0.05, 0) is 129 Å². The normalized spacial score (nSPS) is 18.1. The summed E-state index contributed by atoms with van der Waals surface area (Å²) in [6.07, 6.45) is 15.7. The van der Waals surface area contributed by atoms with Crippen LogP contribution in [0.4, 0.5) is 17.6 Å². The number of nitrogens with zero attached hydrogens (tertiary/aromatic N) is 5. The number of methoxy groups -OCH3 is 2. The minimum absolute atomic E-state index is 0.0144. The fourth-order valence-corrected chi connectivity index (χ4v) is 9.40. The van der Waals surface area contributed by atoms with E-state index in [1.54, 1.807) is 31.5 Å². The molecular formula is C50H52F4N6O7. The molecule has 2 saturated heterocycles. The zero-order valence-electron chi connectivity index (χ0n) is 37.5. The van der Waals surface area contributed by atoms with Gasteiger partial charge >= 0.3 is 13.2 Å². The van der Waals surface area contributed by atoms with E-state index in [9.17, 15) is 31.9 Å². The highest BCUT2D eigenvalue weighted by Crippen LogP contribution is 2.43. The number of benzene rings is 2. The summed E-state index contributed by atoms with van der Waals surface area (Å²) in [7, 11) is 2.83. The molecule has 2 unspecified atom stereocenters. The highest BCUT2D eigenvalue weighted by Gasteiger charge is 2.32. The Kier molecular flexibility index (Phi) is 13.2. The van der Waals surface area contributed by atoms with Crippen molar-refractivity contribution < 1.29 is 50.9 Å². The molecule has 0 bridgehead atoms. The van der Waals surface area contributed by atoms with E-state index in [0.29, 0.717) is 46.5 Å². The lowest BCUT2D eigenvalue weighted by atomic mass is 10.00. The number of nitrogens with one attached hydrogen (secondary N) is 1. The van der Waals surface area contributed by atoms with E-state index in [1.165, 1.54) is 31.9 Å². The molecule has 1 amide bonds. The number of ketones is 2. The minimum atomic E-state index is -3.08. The molecule has 1 N–H and O–H groups in total. The summed E-state index contributed by atoms with van der Waals surface area (Å²) in [6.45, 7) is -2.80. The number of alkyl halides is 4. The number of hydrogen-bond donors (Lipinski definition) is 1. The summed E-state index contributed by atoms with van der Waals surface area (Å²) in [4.78, 5) is 48.6. The van der Waals surface area contributed by atoms with Gasteiger partial charge in [-0.15, -0.1) is 0 Å². The van der Waals surface area contributed by atoms with Crippen molar-refractivity contribution >= 4 is 28.8 Å². The van der Waals surface area contributed by atoms with Crippen molar-refractivity contribution in [3.63, 3.8) is 0 Å². The maximum Gasteiger partial charge on any atom is 0.387 e. The third-order valence-electron chi connectivity index (χ3n) is 13.1. The maximum atomic E-state index is 13.3. The molecule has 6 heterocycles. The smallest absolute Gasteiger partial charge is 0.387 e. The Labute approximate surface area is 384 Å². The number of hydrogen-bond acceptors (Lipinski definition) is 10. The molecule has 0 spiro atoms. The van der Waals surface area contributed by atoms with Crippen LogP contribution in [-0.2, 0) is 4.79 Å². The van der Waals surface area contributed by atoms with Crippen molar-refractivity contribution in [2.45, 2.75) is 96.4 Å². The van der Waals surface area contributed by atoms with E-state index in [1.807, 2.05) is 50.4 Å². The summed E-state index contributed by atoms with van der Waals surface area (Å²) in [5, 5.41) is 3.48. The van der Waals surface area contributed by atoms with E-state index >= 15 is 0 Å². The molecular weight excluding hydrogens is 873 g/mol. The number of fused-ring (bicyclic) bond motifs is 2. The topological polar surface area (TPSA) is 138 Å². The fourth-order valence-electron chi connectivity index (χ4n) is 9.40. The van der Waals surface area contributed by atoms with Gasteiger partial charge in [0, 0.05) is 55.9 Å². The molecule has 10 rings (SSSR count). The van der Waals surface area contributed by atoms with Crippen LogP contribution in [-0.4, -0.2) is 81.7 Å². The lowest BCUT2D eigenvalue weighted by Gasteiger charge is -2.23. The van der Waals surface area contributed by atoms with Gasteiger partial charge in [0.2, 0.25) is 5.91 Å². The zero-order valence-corrected chi connectivity index (χ0v) is 37.5. The van der Waals surface area contributed by atoms with Crippen molar-refractivity contribution in [2.24, 2.45) is 11.8 Å². The van der Waals surface area contributed by atoms with Gasteiger partial charge in [-0.3, -0.25) is 23.2 Å². The number of carbonyl (C=O) groups excluding carboxylic acids is 3. The second-order valence-electron chi connectivity index (χ2n) is 17.7. The zero-order chi connectivity index (χ0) is 46.9. The Bertz CT molecular complexity index is 2810. The number of aromatic nitrogens is 4. The molecule has 2 aromatic carbocycles. The predicted molar refractivity (Wildman–Crippen MR) is 240 cm³/mol. The van der Waals surface area contributed by atoms with Crippen molar-refractivity contribution in [2.75, 3.05) is 27.3 Å². The molecule has 13 nitrogen and oxygen atoms in total. The lowest BCUT2D eigenvalue weighted by Crippen LogP contribution is -2.28. The van der Waals surface area contributed by atoms with Crippen LogP contribution in [0.1, 0.15) is 115 Å². The average Bonchev–Trinajstić information content (AvgIpc) is 3.97. The van der Waals surface area contributed by atoms with Gasteiger partial charge in [0.15, 0.2) is 11.6 Å². The molecule has 4 fully saturated rings. The SMILES string of the molecule is COc1cc(-c2cnc3cc(C4CCCN4)ccn23)cc(OC(F)F)c1C(=O)CC1CC1.COc1cc(-c2cnc3cc(C4CCCN4C(C)=O)ccn23)cc(OC(F)F)c1C(=O)CC1CC1. The van der Waals surface area contributed by atoms with Crippen molar-refractivity contribution in [3.05, 3.63) is 95.6 Å². The first-order chi connectivity index (χ1) is 32.4. The van der Waals surface area contributed by atoms with Crippen LogP contribution in [0.15, 0.2) is 73.3 Å². The van der Waals surface area contributed by atoms with Crippen LogP contribution in [0.25, 0.3) is 33.8 Å². The van der Waals surface area contributed by atoms with Crippen LogP contribution in [0.3, 0.4) is 0 Å². The fraction of sp³-hybridized carbons (Fsp3) is 0.420. The van der Waals surface area contributed by atoms with Crippen LogP contribution < -0.4 is 24.3 Å². The number of amides is 1. The molecule has 4 aromatic heterocycles. The van der Waals surface area contributed by atoms with Gasteiger partial charge < -0.3 is 29.2 Å². The van der Waals surface area contributed by atoms with Gasteiger partial charge in [-0.2, -0.15) is 17.6 Å². The molecule has 352 valence electrons. The van der Waals surface area contributed by atoms with Crippen LogP contribution >= 0.6 is 0 Å². The average molecular weight is 925 g/mol. The van der Waals surface area contributed by atoms with Gasteiger partial charge in [0.05, 0.1) is 44.0 Å². The third kappa shape index (κ3) is 9.97. The lowest BCUT2D eigenvalue weighted by molar-refractivity contribution is -0.129. The minimum Gasteiger partial charge on any atom is -0.496 e. The molecule has 2 atom stereocenters. The maximum absolute atomic E-state index is 13.3. The molecule has 17 heteroatoms. The van der Waals surface area contributed by atoms with E-state index < -0.39 is 13.2 Å². The standard InChI is InChI=1S/C26H27F2N3O4.C24H25F2N3O3/c1-15(32)30-8-3-4-19(30)17-7-9-31-20(14-29-24(31)13-17)18-11-22(34-2)25(21(33)10-16-5-6-16)23(12-18)35-26(27)28;1-31-20-10-16(11-21(32-24(25)26)23(20)19(30)9-14-4-5-14)18-13-28-22-12-15(6-8-29(18)22)17-3-2-7-27-17/h7,9,11-14,16,19,26H,3-6,8,10H2,1-2H3;6,8,10-14,17,24,27H,2-5,7,9H2,1H3. The predicted octanol–water partition coefficient (Wildman–Crippen LogP) is 10.3. The molecule has 2 aliphatic heterocycles. The molecule has 2 saturated carbocycles. The number of Topliss-reactive ketones (excluding diaryl/α,β-unsaturated/α-hetero) is 2. The number of rotatable bonds is 16. The van der Waals surface area contributed by atoms with Crippen molar-refractivity contribution in [1.82, 2.24) is 29.0 Å². The molecule has 0 radical (unpaired) electrons. The number of imidazole rings is 2. The van der Waals surface area contributed by atoms with Crippen molar-refractivity contribution in [3.8, 4) is 45.5 Å². The molecule has 67 heavy (non-hydrogen) atoms. The monoisotopic (exact) mass is 924 g/mol. The molecule has 6 aromatic rings. The Hall–Kier alpha value is -6.49. The van der Waals surface area contributed by atoms with E-state index in [0.717, 1.165) is 75.7 Å². The second-order valence-corrected chi connectivity index (χ2v) is 17.7. The quantitative estimate of drug-likeness (QED) is 0.0738. The highest BCUT2D eigenvalue weighted by atomic mass is 19.3. The second kappa shape index (κ2) is 19.4. The Morgan fingerprint density at radius 1 is 0.672 bits per heavy atom. The van der Waals surface area contributed by atoms with Gasteiger partial charge in [0.1, 0.15) is 45.4 Å². The Balaban J connectivity index is 0.000000169. The Morgan fingerprint density at radius 3 is 1.61 bits per heavy atom. The molecule has 4 aliphatic rings. The van der Waals surface area contributed by atoms with E-state index in [4.69, 9.17) is 18.9 Å². The highest BCUT2D eigenvalue weighted by molar-refractivity contribution is 6.03. The van der Waals surface area contributed by atoms with Gasteiger partial charge in [-0.25, -0.2) is 9.97 Å². The molecule has 2 aliphatic carbocycles. The van der Waals surface area contributed by atoms with Crippen LogP contribution in [0, 0.1) is 11.8 Å². The first-order valence-electron chi connectivity index (χ1n) is 22.7. The van der Waals surface area contributed by atoms with Crippen molar-refractivity contribution in [1.29, 1.82) is 0 Å². The van der Waals surface area contributed by atoms with Crippen LogP contribution in [0.5, 0.6) is 23.0 Å². The summed E-state index contributed by atoms with van der Waals surface area (Å²) < 4.78 is 77.1. The summed E-state index contributed by atoms with van der Waals surface area (Å²) >= 11 is 0. The number of pyridine rings is 2. The number of ether oxygens (including phenoxy) is 4. The number of carbonyl (C=O) groups is 3. The van der Waals surface area contributed by atoms with Gasteiger partial charge in [0.25, 0.3) is 0 Å². The number of halogens is 4. The summed E-state index contributed by atoms with van der Waals surface area (Å²) in [5.41, 5.74) is 6.18. The Morgan fingerprint density at radius 2 is 1.16 bits per heavy atom. The number of likely N-dealkylation sites (tertiary alicyclic amines) is 1. The first kappa shape index (κ1) is 45.7. The van der Waals surface area contributed by atoms with Gasteiger partial charge in [-0.1, -0.05) is 0 Å². The van der Waals surface area contributed by atoms with E-state index in [-0.39, 0.29) is 70.0 Å². The third-order valence-corrected chi connectivity index (χ3v) is 13.1. The largest absolute Gasteiger partial charge is 0.496 e. The summed E-state index contributed by atoms with van der Waals surface area (Å²) in [6, 6.07) is 14.6. The first-order valence-corrected chi connectivity index (χ1v) is 22.7.